The predicted octanol–water partition coefficient (Wildman–Crippen LogP) is 3.04. The molecule has 1 aromatic heterocycles. The molecule has 3 atom stereocenters. The monoisotopic (exact) mass is 301 g/mol. The van der Waals surface area contributed by atoms with Crippen molar-refractivity contribution in [2.75, 3.05) is 6.54 Å². The Balaban J connectivity index is 1.74. The van der Waals surface area contributed by atoms with Crippen LogP contribution in [0.5, 0.6) is 0 Å². The predicted molar refractivity (Wildman–Crippen MR) is 87.1 cm³/mol. The normalized spacial score (nSPS) is 29.3. The zero-order valence-corrected chi connectivity index (χ0v) is 13.3. The van der Waals surface area contributed by atoms with Gasteiger partial charge < -0.3 is 10.6 Å². The number of aromatic nitrogens is 1. The molecule has 0 aromatic carbocycles. The molecule has 1 aliphatic heterocycles. The fourth-order valence-corrected chi connectivity index (χ4v) is 4.00. The van der Waals surface area contributed by atoms with Gasteiger partial charge in [-0.05, 0) is 49.3 Å². The Morgan fingerprint density at radius 3 is 2.68 bits per heavy atom. The molecule has 22 heavy (non-hydrogen) atoms. The van der Waals surface area contributed by atoms with Gasteiger partial charge in [-0.2, -0.15) is 0 Å². The summed E-state index contributed by atoms with van der Waals surface area (Å²) in [5, 5.41) is 0. The number of carbonyl (C=O) groups is 1. The highest BCUT2D eigenvalue weighted by atomic mass is 16.2. The number of rotatable bonds is 3. The number of pyridine rings is 1. The third-order valence-electron chi connectivity index (χ3n) is 5.32. The molecular weight excluding hydrogens is 274 g/mol. The second-order valence-corrected chi connectivity index (χ2v) is 6.79. The lowest BCUT2D eigenvalue weighted by Crippen LogP contribution is -2.37. The van der Waals surface area contributed by atoms with Crippen molar-refractivity contribution >= 4 is 5.91 Å². The fraction of sp³-hybridized carbons (Fsp3) is 0.667. The highest BCUT2D eigenvalue weighted by molar-refractivity contribution is 5.77. The summed E-state index contributed by atoms with van der Waals surface area (Å²) < 4.78 is 0. The third-order valence-corrected chi connectivity index (χ3v) is 5.32. The smallest absolute Gasteiger partial charge is 0.223 e. The molecule has 1 unspecified atom stereocenters. The van der Waals surface area contributed by atoms with E-state index < -0.39 is 0 Å². The van der Waals surface area contributed by atoms with E-state index in [2.05, 4.69) is 22.0 Å². The Morgan fingerprint density at radius 2 is 1.95 bits per heavy atom. The van der Waals surface area contributed by atoms with E-state index in [1.165, 1.54) is 24.8 Å². The number of amides is 1. The molecule has 1 amide bonds. The first-order valence-electron chi connectivity index (χ1n) is 8.70. The summed E-state index contributed by atoms with van der Waals surface area (Å²) in [5.74, 6) is 0.680. The highest BCUT2D eigenvalue weighted by Gasteiger charge is 2.31. The summed E-state index contributed by atoms with van der Waals surface area (Å²) in [5.41, 5.74) is 7.38. The molecule has 0 bridgehead atoms. The highest BCUT2D eigenvalue weighted by Crippen LogP contribution is 2.33. The molecule has 2 N–H and O–H groups in total. The molecule has 1 saturated heterocycles. The molecule has 1 aromatic rings. The van der Waals surface area contributed by atoms with Crippen molar-refractivity contribution in [2.45, 2.75) is 63.5 Å². The van der Waals surface area contributed by atoms with Gasteiger partial charge in [-0.3, -0.25) is 9.78 Å². The van der Waals surface area contributed by atoms with Gasteiger partial charge in [0.1, 0.15) is 0 Å². The minimum Gasteiger partial charge on any atom is -0.336 e. The van der Waals surface area contributed by atoms with Crippen LogP contribution >= 0.6 is 0 Å². The molecule has 120 valence electrons. The summed E-state index contributed by atoms with van der Waals surface area (Å²) in [4.78, 5) is 19.1. The molecule has 1 saturated carbocycles. The van der Waals surface area contributed by atoms with E-state index in [0.717, 1.165) is 32.2 Å². The molecule has 0 radical (unpaired) electrons. The Kier molecular flexibility index (Phi) is 5.08. The van der Waals surface area contributed by atoms with Gasteiger partial charge in [-0.25, -0.2) is 0 Å². The lowest BCUT2D eigenvalue weighted by molar-refractivity contribution is -0.134. The maximum Gasteiger partial charge on any atom is 0.223 e. The zero-order valence-electron chi connectivity index (χ0n) is 13.3. The van der Waals surface area contributed by atoms with Crippen molar-refractivity contribution in [1.82, 2.24) is 9.88 Å². The van der Waals surface area contributed by atoms with Gasteiger partial charge in [0.2, 0.25) is 5.91 Å². The number of nitrogens with zero attached hydrogens (tertiary/aromatic N) is 2. The first-order chi connectivity index (χ1) is 10.8. The van der Waals surface area contributed by atoms with Crippen molar-refractivity contribution in [3.8, 4) is 0 Å². The van der Waals surface area contributed by atoms with E-state index in [-0.39, 0.29) is 12.1 Å². The van der Waals surface area contributed by atoms with E-state index in [4.69, 9.17) is 5.73 Å². The largest absolute Gasteiger partial charge is 0.336 e. The molecule has 2 fully saturated rings. The number of carbonyl (C=O) groups excluding carboxylic acids is 1. The minimum atomic E-state index is 0.218. The lowest BCUT2D eigenvalue weighted by atomic mass is 9.97. The molecule has 2 heterocycles. The summed E-state index contributed by atoms with van der Waals surface area (Å²) in [6, 6.07) is 4.54. The summed E-state index contributed by atoms with van der Waals surface area (Å²) in [7, 11) is 0. The van der Waals surface area contributed by atoms with Gasteiger partial charge in [0.05, 0.1) is 6.04 Å². The number of nitrogens with two attached hydrogens (primary N) is 1. The van der Waals surface area contributed by atoms with Crippen LogP contribution in [0.25, 0.3) is 0 Å². The average Bonchev–Trinajstić information content (AvgIpc) is 2.80. The summed E-state index contributed by atoms with van der Waals surface area (Å²) >= 11 is 0. The Hall–Kier alpha value is -1.42. The summed E-state index contributed by atoms with van der Waals surface area (Å²) in [6.07, 6.45) is 12.2. The van der Waals surface area contributed by atoms with Crippen LogP contribution in [0.15, 0.2) is 24.5 Å². The maximum atomic E-state index is 12.9. The van der Waals surface area contributed by atoms with Crippen molar-refractivity contribution in [1.29, 1.82) is 0 Å². The molecule has 3 rings (SSSR count). The van der Waals surface area contributed by atoms with Gasteiger partial charge in [0.25, 0.3) is 0 Å². The third kappa shape index (κ3) is 3.49. The van der Waals surface area contributed by atoms with E-state index in [9.17, 15) is 4.79 Å². The second kappa shape index (κ2) is 7.23. The van der Waals surface area contributed by atoms with Crippen LogP contribution in [0.4, 0.5) is 0 Å². The van der Waals surface area contributed by atoms with Gasteiger partial charge in [-0.1, -0.05) is 19.3 Å². The Labute approximate surface area is 133 Å². The zero-order chi connectivity index (χ0) is 15.4. The van der Waals surface area contributed by atoms with Crippen molar-refractivity contribution in [2.24, 2.45) is 11.7 Å². The number of hydrogen-bond donors (Lipinski definition) is 1. The first kappa shape index (κ1) is 15.5. The minimum absolute atomic E-state index is 0.218. The molecule has 1 aliphatic carbocycles. The van der Waals surface area contributed by atoms with Gasteiger partial charge in [-0.15, -0.1) is 0 Å². The maximum absolute atomic E-state index is 12.9. The SMILES string of the molecule is N[C@@H]1CCC[C@H]1CC(=O)N1CCCCCC1c1ccncc1. The second-order valence-electron chi connectivity index (χ2n) is 6.79. The van der Waals surface area contributed by atoms with E-state index in [1.807, 2.05) is 12.4 Å². The quantitative estimate of drug-likeness (QED) is 0.933. The van der Waals surface area contributed by atoms with Crippen LogP contribution in [0.1, 0.15) is 63.0 Å². The van der Waals surface area contributed by atoms with Gasteiger partial charge in [0, 0.05) is 31.4 Å². The van der Waals surface area contributed by atoms with E-state index in [1.54, 1.807) is 0 Å². The standard InChI is InChI=1S/C18H27N3O/c19-16-6-4-5-15(16)13-18(22)21-12-3-1-2-7-17(21)14-8-10-20-11-9-14/h8-11,15-17H,1-7,12-13,19H2/t15-,16+,17?/m0/s1. The Morgan fingerprint density at radius 1 is 1.14 bits per heavy atom. The van der Waals surface area contributed by atoms with Crippen molar-refractivity contribution in [3.63, 3.8) is 0 Å². The Bertz CT molecular complexity index is 490. The van der Waals surface area contributed by atoms with Gasteiger partial charge in [0.15, 0.2) is 0 Å². The number of likely N-dealkylation sites (tertiary alicyclic amines) is 1. The molecule has 0 spiro atoms. The number of hydrogen-bond acceptors (Lipinski definition) is 3. The van der Waals surface area contributed by atoms with Crippen LogP contribution < -0.4 is 5.73 Å². The van der Waals surface area contributed by atoms with Gasteiger partial charge >= 0.3 is 0 Å². The van der Waals surface area contributed by atoms with E-state index in [0.29, 0.717) is 18.2 Å². The average molecular weight is 301 g/mol. The first-order valence-corrected chi connectivity index (χ1v) is 8.70. The molecule has 4 heteroatoms. The molecular formula is C18H27N3O. The van der Waals surface area contributed by atoms with E-state index >= 15 is 0 Å². The van der Waals surface area contributed by atoms with Crippen LogP contribution in [-0.4, -0.2) is 28.4 Å². The molecule has 2 aliphatic rings. The lowest BCUT2D eigenvalue weighted by Gasteiger charge is -2.32. The van der Waals surface area contributed by atoms with Crippen LogP contribution in [0.2, 0.25) is 0 Å². The topological polar surface area (TPSA) is 59.2 Å². The van der Waals surface area contributed by atoms with Crippen LogP contribution in [0.3, 0.4) is 0 Å². The van der Waals surface area contributed by atoms with Crippen molar-refractivity contribution in [3.05, 3.63) is 30.1 Å². The van der Waals surface area contributed by atoms with Crippen LogP contribution in [-0.2, 0) is 4.79 Å². The molecule has 4 nitrogen and oxygen atoms in total. The fourth-order valence-electron chi connectivity index (χ4n) is 4.00. The van der Waals surface area contributed by atoms with Crippen LogP contribution in [0, 0.1) is 5.92 Å². The summed E-state index contributed by atoms with van der Waals surface area (Å²) in [6.45, 7) is 0.883. The van der Waals surface area contributed by atoms with Crippen molar-refractivity contribution < 1.29 is 4.79 Å².